The Kier molecular flexibility index (Phi) is 11.5. The molecule has 0 bridgehead atoms. The Bertz CT molecular complexity index is 1350. The molecule has 9 nitrogen and oxygen atoms in total. The van der Waals surface area contributed by atoms with Crippen molar-refractivity contribution in [3.8, 4) is 5.75 Å². The van der Waals surface area contributed by atoms with E-state index in [1.165, 1.54) is 14.2 Å². The summed E-state index contributed by atoms with van der Waals surface area (Å²) in [6, 6.07) is 34.7. The van der Waals surface area contributed by atoms with Crippen LogP contribution in [0.4, 0.5) is 21.0 Å². The molecule has 0 aliphatic carbocycles. The molecule has 0 heterocycles. The maximum absolute atomic E-state index is 11.7. The predicted molar refractivity (Wildman–Crippen MR) is 166 cm³/mol. The van der Waals surface area contributed by atoms with E-state index in [4.69, 9.17) is 14.2 Å². The summed E-state index contributed by atoms with van der Waals surface area (Å²) in [6.45, 7) is 1.72. The zero-order chi connectivity index (χ0) is 30.4. The first kappa shape index (κ1) is 31.1. The molecule has 3 N–H and O–H groups in total. The minimum Gasteiger partial charge on any atom is -0.491 e. The summed E-state index contributed by atoms with van der Waals surface area (Å²) in [5, 5.41) is 16.4. The quantitative estimate of drug-likeness (QED) is 0.174. The van der Waals surface area contributed by atoms with Gasteiger partial charge in [-0.3, -0.25) is 15.5 Å². The molecule has 0 spiro atoms. The van der Waals surface area contributed by atoms with E-state index in [2.05, 4.69) is 27.7 Å². The second-order valence-corrected chi connectivity index (χ2v) is 9.99. The van der Waals surface area contributed by atoms with E-state index in [0.717, 1.165) is 16.7 Å². The molecule has 0 aromatic heterocycles. The summed E-state index contributed by atoms with van der Waals surface area (Å²) < 4.78 is 15.3. The third-order valence-electron chi connectivity index (χ3n) is 6.83. The first-order valence-electron chi connectivity index (χ1n) is 14.0. The van der Waals surface area contributed by atoms with Gasteiger partial charge in [0.15, 0.2) is 0 Å². The van der Waals surface area contributed by atoms with Gasteiger partial charge in [0.25, 0.3) is 0 Å². The molecule has 0 fully saturated rings. The van der Waals surface area contributed by atoms with Crippen LogP contribution in [0.25, 0.3) is 0 Å². The van der Waals surface area contributed by atoms with Gasteiger partial charge in [0.2, 0.25) is 0 Å². The fraction of sp³-hybridized carbons (Fsp3) is 0.235. The van der Waals surface area contributed by atoms with Gasteiger partial charge >= 0.3 is 12.2 Å². The maximum atomic E-state index is 11.7. The zero-order valence-corrected chi connectivity index (χ0v) is 24.3. The highest BCUT2D eigenvalue weighted by molar-refractivity contribution is 5.85. The van der Waals surface area contributed by atoms with Crippen LogP contribution in [-0.4, -0.2) is 62.2 Å². The lowest BCUT2D eigenvalue weighted by Crippen LogP contribution is -2.38. The van der Waals surface area contributed by atoms with Crippen LogP contribution in [0.2, 0.25) is 0 Å². The van der Waals surface area contributed by atoms with E-state index < -0.39 is 18.3 Å². The number of aliphatic hydroxyl groups is 1. The smallest absolute Gasteiger partial charge is 0.411 e. The molecule has 2 amide bonds. The fourth-order valence-corrected chi connectivity index (χ4v) is 4.70. The van der Waals surface area contributed by atoms with E-state index in [-0.39, 0.29) is 12.5 Å². The number of methoxy groups -OCH3 is 2. The van der Waals surface area contributed by atoms with Crippen molar-refractivity contribution in [1.29, 1.82) is 0 Å². The van der Waals surface area contributed by atoms with Crippen LogP contribution >= 0.6 is 0 Å². The van der Waals surface area contributed by atoms with Crippen LogP contribution < -0.4 is 15.4 Å². The second-order valence-electron chi connectivity index (χ2n) is 9.99. The van der Waals surface area contributed by atoms with Crippen molar-refractivity contribution >= 4 is 23.6 Å². The summed E-state index contributed by atoms with van der Waals surface area (Å²) in [5.74, 6) is 0.598. The lowest BCUT2D eigenvalue weighted by molar-refractivity contribution is 0.0644. The molecule has 0 unspecified atom stereocenters. The summed E-state index contributed by atoms with van der Waals surface area (Å²) >= 11 is 0. The molecule has 0 aliphatic heterocycles. The largest absolute Gasteiger partial charge is 0.491 e. The van der Waals surface area contributed by atoms with Gasteiger partial charge in [0.1, 0.15) is 18.5 Å². The first-order chi connectivity index (χ1) is 20.9. The molecule has 9 heteroatoms. The number of aliphatic hydroxyl groups excluding tert-OH is 1. The number of benzene rings is 4. The number of amides is 2. The van der Waals surface area contributed by atoms with E-state index in [1.54, 1.807) is 0 Å². The van der Waals surface area contributed by atoms with Crippen molar-refractivity contribution in [2.75, 3.05) is 44.5 Å². The monoisotopic (exact) mass is 583 g/mol. The Labute approximate surface area is 252 Å². The van der Waals surface area contributed by atoms with Crippen molar-refractivity contribution in [3.05, 3.63) is 126 Å². The lowest BCUT2D eigenvalue weighted by atomic mass is 9.90. The summed E-state index contributed by atoms with van der Waals surface area (Å²) in [7, 11) is 2.64. The number of nitrogens with one attached hydrogen (secondary N) is 2. The van der Waals surface area contributed by atoms with Crippen molar-refractivity contribution in [2.24, 2.45) is 0 Å². The number of rotatable bonds is 13. The molecule has 0 radical (unpaired) electrons. The summed E-state index contributed by atoms with van der Waals surface area (Å²) in [5.41, 5.74) is 4.37. The summed E-state index contributed by atoms with van der Waals surface area (Å²) in [4.78, 5) is 25.6. The molecule has 43 heavy (non-hydrogen) atoms. The van der Waals surface area contributed by atoms with Gasteiger partial charge in [0, 0.05) is 36.9 Å². The molecular formula is C34H37N3O6. The standard InChI is InChI=1S/C34H37N3O6/c1-41-33(39)35-28-17-13-26(14-18-28)32(27-15-19-29(20-16-27)36-34(40)42-2)23-37(21-25-9-5-3-6-10-25)22-30(38)24-43-31-11-7-4-8-12-31/h3-20,30,32,38H,21-24H2,1-2H3,(H,35,39)(H,36,40)/t30-/m0/s1. The number of hydrogen-bond donors (Lipinski definition) is 3. The van der Waals surface area contributed by atoms with Gasteiger partial charge in [-0.25, -0.2) is 9.59 Å². The Balaban J connectivity index is 1.59. The molecule has 4 aromatic rings. The van der Waals surface area contributed by atoms with Crippen LogP contribution in [0.15, 0.2) is 109 Å². The van der Waals surface area contributed by atoms with E-state index >= 15 is 0 Å². The van der Waals surface area contributed by atoms with Crippen molar-refractivity contribution < 1.29 is 28.9 Å². The van der Waals surface area contributed by atoms with Gasteiger partial charge in [-0.2, -0.15) is 0 Å². The van der Waals surface area contributed by atoms with Crippen molar-refractivity contribution in [3.63, 3.8) is 0 Å². The predicted octanol–water partition coefficient (Wildman–Crippen LogP) is 6.12. The number of hydrogen-bond acceptors (Lipinski definition) is 7. The second kappa shape index (κ2) is 16.0. The number of anilines is 2. The van der Waals surface area contributed by atoms with Crippen LogP contribution in [0.3, 0.4) is 0 Å². The van der Waals surface area contributed by atoms with E-state index in [0.29, 0.717) is 36.8 Å². The maximum Gasteiger partial charge on any atom is 0.411 e. The highest BCUT2D eigenvalue weighted by Crippen LogP contribution is 2.29. The highest BCUT2D eigenvalue weighted by atomic mass is 16.5. The average Bonchev–Trinajstić information content (AvgIpc) is 3.04. The average molecular weight is 584 g/mol. The fourth-order valence-electron chi connectivity index (χ4n) is 4.70. The Hall–Kier alpha value is -4.86. The van der Waals surface area contributed by atoms with Crippen LogP contribution in [0, 0.1) is 0 Å². The number of carbonyl (C=O) groups is 2. The Morgan fingerprint density at radius 1 is 0.698 bits per heavy atom. The Morgan fingerprint density at radius 3 is 1.67 bits per heavy atom. The van der Waals surface area contributed by atoms with Gasteiger partial charge in [-0.05, 0) is 53.1 Å². The Morgan fingerprint density at radius 2 is 1.19 bits per heavy atom. The molecule has 4 rings (SSSR count). The number of para-hydroxylation sites is 1. The van der Waals surface area contributed by atoms with Crippen molar-refractivity contribution in [2.45, 2.75) is 18.6 Å². The zero-order valence-electron chi connectivity index (χ0n) is 24.3. The minimum absolute atomic E-state index is 0.106. The van der Waals surface area contributed by atoms with Gasteiger partial charge < -0.3 is 19.3 Å². The van der Waals surface area contributed by atoms with E-state index in [1.807, 2.05) is 97.1 Å². The molecule has 0 saturated carbocycles. The number of ether oxygens (including phenoxy) is 3. The topological polar surface area (TPSA) is 109 Å². The number of nitrogens with zero attached hydrogens (tertiary/aromatic N) is 1. The van der Waals surface area contributed by atoms with Crippen molar-refractivity contribution in [1.82, 2.24) is 4.90 Å². The van der Waals surface area contributed by atoms with Gasteiger partial charge in [-0.1, -0.05) is 72.8 Å². The highest BCUT2D eigenvalue weighted by Gasteiger charge is 2.22. The number of carbonyl (C=O) groups excluding carboxylic acids is 2. The van der Waals surface area contributed by atoms with Crippen LogP contribution in [0.5, 0.6) is 5.75 Å². The normalized spacial score (nSPS) is 11.6. The van der Waals surface area contributed by atoms with Crippen LogP contribution in [-0.2, 0) is 16.0 Å². The van der Waals surface area contributed by atoms with Gasteiger partial charge in [-0.15, -0.1) is 0 Å². The SMILES string of the molecule is COC(=O)Nc1ccc(C(CN(Cc2ccccc2)C[C@H](O)COc2ccccc2)c2ccc(NC(=O)OC)cc2)cc1. The third-order valence-corrected chi connectivity index (χ3v) is 6.83. The summed E-state index contributed by atoms with van der Waals surface area (Å²) in [6.07, 6.45) is -1.82. The third kappa shape index (κ3) is 9.88. The first-order valence-corrected chi connectivity index (χ1v) is 14.0. The van der Waals surface area contributed by atoms with Crippen LogP contribution in [0.1, 0.15) is 22.6 Å². The molecule has 4 aromatic carbocycles. The molecule has 224 valence electrons. The van der Waals surface area contributed by atoms with E-state index in [9.17, 15) is 14.7 Å². The lowest BCUT2D eigenvalue weighted by Gasteiger charge is -2.30. The van der Waals surface area contributed by atoms with Gasteiger partial charge in [0.05, 0.1) is 14.2 Å². The molecular weight excluding hydrogens is 546 g/mol. The minimum atomic E-state index is -0.733. The molecule has 0 saturated heterocycles. The molecule has 0 aliphatic rings. The molecule has 1 atom stereocenters.